The summed E-state index contributed by atoms with van der Waals surface area (Å²) in [4.78, 5) is 8.24. The van der Waals surface area contributed by atoms with E-state index in [4.69, 9.17) is 0 Å². The van der Waals surface area contributed by atoms with Crippen molar-refractivity contribution in [3.8, 4) is 0 Å². The van der Waals surface area contributed by atoms with Crippen LogP contribution in [0.2, 0.25) is 0 Å². The first-order valence-electron chi connectivity index (χ1n) is 6.60. The zero-order chi connectivity index (χ0) is 12.1. The molecule has 3 nitrogen and oxygen atoms in total. The van der Waals surface area contributed by atoms with Crippen LogP contribution in [0.5, 0.6) is 0 Å². The van der Waals surface area contributed by atoms with Gasteiger partial charge in [0.1, 0.15) is 5.01 Å². The van der Waals surface area contributed by atoms with Gasteiger partial charge in [0.2, 0.25) is 0 Å². The van der Waals surface area contributed by atoms with Crippen molar-refractivity contribution >= 4 is 11.3 Å². The first-order chi connectivity index (χ1) is 8.28. The van der Waals surface area contributed by atoms with Crippen molar-refractivity contribution in [3.05, 3.63) is 16.1 Å². The predicted molar refractivity (Wildman–Crippen MR) is 73.4 cm³/mol. The number of hydrogen-bond acceptors (Lipinski definition) is 4. The Kier molecular flexibility index (Phi) is 4.95. The van der Waals surface area contributed by atoms with Gasteiger partial charge in [-0.15, -0.1) is 11.3 Å². The van der Waals surface area contributed by atoms with Gasteiger partial charge >= 0.3 is 0 Å². The Morgan fingerprint density at radius 2 is 2.24 bits per heavy atom. The van der Waals surface area contributed by atoms with E-state index in [9.17, 15) is 0 Å². The maximum Gasteiger partial charge on any atom is 0.107 e. The van der Waals surface area contributed by atoms with Crippen LogP contribution in [0.15, 0.2) is 6.20 Å². The van der Waals surface area contributed by atoms with Crippen LogP contribution in [0.25, 0.3) is 0 Å². The standard InChI is InChI=1S/C13H23N3S/c1-3-12-9-15-13(17-12)10-14-8-11-4-6-16(2)7-5-11/h9,11,14H,3-8,10H2,1-2H3. The summed E-state index contributed by atoms with van der Waals surface area (Å²) < 4.78 is 0. The third kappa shape index (κ3) is 4.05. The van der Waals surface area contributed by atoms with Gasteiger partial charge in [-0.1, -0.05) is 6.92 Å². The molecule has 0 saturated carbocycles. The number of piperidine rings is 1. The fourth-order valence-corrected chi connectivity index (χ4v) is 3.07. The minimum Gasteiger partial charge on any atom is -0.310 e. The normalized spacial score (nSPS) is 18.7. The molecule has 1 aromatic heterocycles. The SMILES string of the molecule is CCc1cnc(CNCC2CCN(C)CC2)s1. The van der Waals surface area contributed by atoms with Gasteiger partial charge in [0.15, 0.2) is 0 Å². The van der Waals surface area contributed by atoms with Gasteiger partial charge in [-0.05, 0) is 51.9 Å². The Morgan fingerprint density at radius 3 is 2.88 bits per heavy atom. The maximum atomic E-state index is 4.43. The second kappa shape index (κ2) is 6.47. The molecule has 0 spiro atoms. The predicted octanol–water partition coefficient (Wildman–Crippen LogP) is 2.14. The lowest BCUT2D eigenvalue weighted by atomic mass is 9.97. The van der Waals surface area contributed by atoms with Crippen LogP contribution in [-0.2, 0) is 13.0 Å². The molecule has 96 valence electrons. The molecule has 1 fully saturated rings. The van der Waals surface area contributed by atoms with Gasteiger partial charge in [0.25, 0.3) is 0 Å². The van der Waals surface area contributed by atoms with Crippen molar-refractivity contribution in [2.75, 3.05) is 26.7 Å². The van der Waals surface area contributed by atoms with Crippen LogP contribution in [0.1, 0.15) is 29.7 Å². The lowest BCUT2D eigenvalue weighted by Gasteiger charge is -2.28. The van der Waals surface area contributed by atoms with E-state index in [1.54, 1.807) is 0 Å². The van der Waals surface area contributed by atoms with Crippen LogP contribution in [-0.4, -0.2) is 36.6 Å². The van der Waals surface area contributed by atoms with Gasteiger partial charge in [-0.2, -0.15) is 0 Å². The second-order valence-corrected chi connectivity index (χ2v) is 6.15. The molecular weight excluding hydrogens is 230 g/mol. The fourth-order valence-electron chi connectivity index (χ4n) is 2.24. The molecule has 1 aliphatic rings. The van der Waals surface area contributed by atoms with Crippen LogP contribution in [0.3, 0.4) is 0 Å². The first kappa shape index (κ1) is 13.0. The summed E-state index contributed by atoms with van der Waals surface area (Å²) in [6.45, 7) is 6.78. The molecule has 1 aromatic rings. The van der Waals surface area contributed by atoms with Crippen LogP contribution < -0.4 is 5.32 Å². The summed E-state index contributed by atoms with van der Waals surface area (Å²) in [5.74, 6) is 0.858. The van der Waals surface area contributed by atoms with E-state index in [-0.39, 0.29) is 0 Å². The van der Waals surface area contributed by atoms with E-state index in [1.807, 2.05) is 17.5 Å². The number of likely N-dealkylation sites (tertiary alicyclic amines) is 1. The highest BCUT2D eigenvalue weighted by atomic mass is 32.1. The summed E-state index contributed by atoms with van der Waals surface area (Å²) in [7, 11) is 2.21. The molecule has 17 heavy (non-hydrogen) atoms. The summed E-state index contributed by atoms with van der Waals surface area (Å²) in [5, 5.41) is 4.78. The van der Waals surface area contributed by atoms with Gasteiger partial charge in [0.05, 0.1) is 0 Å². The number of nitrogens with zero attached hydrogens (tertiary/aromatic N) is 2. The number of aryl methyl sites for hydroxylation is 1. The Hall–Kier alpha value is -0.450. The number of rotatable bonds is 5. The van der Waals surface area contributed by atoms with Crippen molar-refractivity contribution < 1.29 is 0 Å². The Balaban J connectivity index is 1.65. The average Bonchev–Trinajstić information content (AvgIpc) is 2.80. The maximum absolute atomic E-state index is 4.43. The zero-order valence-corrected chi connectivity index (χ0v) is 11.7. The van der Waals surface area contributed by atoms with E-state index in [0.29, 0.717) is 0 Å². The smallest absolute Gasteiger partial charge is 0.107 e. The summed E-state index contributed by atoms with van der Waals surface area (Å²) in [6, 6.07) is 0. The molecule has 0 radical (unpaired) electrons. The summed E-state index contributed by atoms with van der Waals surface area (Å²) >= 11 is 1.84. The van der Waals surface area contributed by atoms with Crippen LogP contribution in [0.4, 0.5) is 0 Å². The number of hydrogen-bond donors (Lipinski definition) is 1. The van der Waals surface area contributed by atoms with Gasteiger partial charge in [-0.3, -0.25) is 0 Å². The Labute approximate surface area is 108 Å². The number of aromatic nitrogens is 1. The van der Waals surface area contributed by atoms with E-state index in [2.05, 4.69) is 29.2 Å². The summed E-state index contributed by atoms with van der Waals surface area (Å²) in [5.41, 5.74) is 0. The zero-order valence-electron chi connectivity index (χ0n) is 10.9. The van der Waals surface area contributed by atoms with E-state index >= 15 is 0 Å². The van der Waals surface area contributed by atoms with E-state index in [1.165, 1.54) is 35.8 Å². The second-order valence-electron chi connectivity index (χ2n) is 4.95. The quantitative estimate of drug-likeness (QED) is 0.871. The highest BCUT2D eigenvalue weighted by Gasteiger charge is 2.15. The highest BCUT2D eigenvalue weighted by molar-refractivity contribution is 7.11. The minimum absolute atomic E-state index is 0.858. The molecule has 0 aliphatic carbocycles. The van der Waals surface area contributed by atoms with Crippen molar-refractivity contribution in [2.24, 2.45) is 5.92 Å². The van der Waals surface area contributed by atoms with E-state index < -0.39 is 0 Å². The molecule has 2 rings (SSSR count). The molecule has 0 atom stereocenters. The topological polar surface area (TPSA) is 28.2 Å². The van der Waals surface area contributed by atoms with Crippen molar-refractivity contribution in [2.45, 2.75) is 32.7 Å². The van der Waals surface area contributed by atoms with Crippen molar-refractivity contribution in [3.63, 3.8) is 0 Å². The summed E-state index contributed by atoms with van der Waals surface area (Å²) in [6.07, 6.45) is 5.78. The molecule has 2 heterocycles. The molecule has 1 saturated heterocycles. The number of thiazole rings is 1. The third-order valence-corrected chi connectivity index (χ3v) is 4.64. The van der Waals surface area contributed by atoms with Gasteiger partial charge < -0.3 is 10.2 Å². The van der Waals surface area contributed by atoms with Crippen LogP contribution >= 0.6 is 11.3 Å². The average molecular weight is 253 g/mol. The molecule has 0 amide bonds. The minimum atomic E-state index is 0.858. The third-order valence-electron chi connectivity index (χ3n) is 3.50. The van der Waals surface area contributed by atoms with Gasteiger partial charge in [0, 0.05) is 17.6 Å². The lowest BCUT2D eigenvalue weighted by Crippen LogP contribution is -2.34. The molecule has 0 bridgehead atoms. The van der Waals surface area contributed by atoms with Crippen molar-refractivity contribution in [1.82, 2.24) is 15.2 Å². The molecule has 1 N–H and O–H groups in total. The fraction of sp³-hybridized carbons (Fsp3) is 0.769. The number of nitrogens with one attached hydrogen (secondary N) is 1. The van der Waals surface area contributed by atoms with Crippen molar-refractivity contribution in [1.29, 1.82) is 0 Å². The Morgan fingerprint density at radius 1 is 1.47 bits per heavy atom. The first-order valence-corrected chi connectivity index (χ1v) is 7.42. The van der Waals surface area contributed by atoms with Crippen LogP contribution in [0, 0.1) is 5.92 Å². The molecule has 0 unspecified atom stereocenters. The largest absolute Gasteiger partial charge is 0.310 e. The lowest BCUT2D eigenvalue weighted by molar-refractivity contribution is 0.216. The molecule has 4 heteroatoms. The molecule has 0 aromatic carbocycles. The monoisotopic (exact) mass is 253 g/mol. The van der Waals surface area contributed by atoms with E-state index in [0.717, 1.165) is 25.4 Å². The Bertz CT molecular complexity index is 329. The van der Waals surface area contributed by atoms with Gasteiger partial charge in [-0.25, -0.2) is 4.98 Å². The highest BCUT2D eigenvalue weighted by Crippen LogP contribution is 2.16. The molecular formula is C13H23N3S. The molecule has 1 aliphatic heterocycles.